The summed E-state index contributed by atoms with van der Waals surface area (Å²) in [6.07, 6.45) is 3.80. The maximum atomic E-state index is 12.8. The summed E-state index contributed by atoms with van der Waals surface area (Å²) in [4.78, 5) is 29.6. The van der Waals surface area contributed by atoms with Crippen molar-refractivity contribution in [1.82, 2.24) is 24.0 Å². The molecule has 1 aliphatic heterocycles. The van der Waals surface area contributed by atoms with E-state index in [9.17, 15) is 9.59 Å². The fraction of sp³-hybridized carbons (Fsp3) is 0.550. The average molecular weight is 385 g/mol. The summed E-state index contributed by atoms with van der Waals surface area (Å²) < 4.78 is 8.69. The zero-order valence-electron chi connectivity index (χ0n) is 16.6. The number of fused-ring (bicyclic) bond motifs is 3. The van der Waals surface area contributed by atoms with Crippen molar-refractivity contribution in [3.05, 3.63) is 34.6 Å². The minimum absolute atomic E-state index is 0.155. The molecular formula is C20H27N5O3. The monoisotopic (exact) mass is 385 g/mol. The molecule has 0 saturated carbocycles. The Bertz CT molecular complexity index is 1040. The molecule has 0 aliphatic carbocycles. The van der Waals surface area contributed by atoms with Gasteiger partial charge in [-0.1, -0.05) is 6.92 Å². The predicted molar refractivity (Wildman–Crippen MR) is 107 cm³/mol. The Morgan fingerprint density at radius 3 is 2.71 bits per heavy atom. The third-order valence-corrected chi connectivity index (χ3v) is 5.49. The van der Waals surface area contributed by atoms with Crippen LogP contribution in [0.2, 0.25) is 0 Å². The number of aryl methyl sites for hydroxylation is 2. The van der Waals surface area contributed by atoms with Crippen LogP contribution >= 0.6 is 0 Å². The van der Waals surface area contributed by atoms with Crippen LogP contribution in [0.25, 0.3) is 16.6 Å². The SMILES string of the molecule is CCCN1CCN(C(=O)CCCn2nc(C)n3c(cc4occc43)c2=O)CC1. The highest BCUT2D eigenvalue weighted by Crippen LogP contribution is 2.20. The van der Waals surface area contributed by atoms with Gasteiger partial charge in [0.2, 0.25) is 5.91 Å². The lowest BCUT2D eigenvalue weighted by atomic mass is 10.2. The molecule has 0 N–H and O–H groups in total. The van der Waals surface area contributed by atoms with Crippen LogP contribution in [0, 0.1) is 6.92 Å². The number of nitrogens with zero attached hydrogens (tertiary/aromatic N) is 5. The third-order valence-electron chi connectivity index (χ3n) is 5.49. The van der Waals surface area contributed by atoms with Crippen LogP contribution in [-0.2, 0) is 11.3 Å². The molecule has 150 valence electrons. The summed E-state index contributed by atoms with van der Waals surface area (Å²) in [6, 6.07) is 3.59. The summed E-state index contributed by atoms with van der Waals surface area (Å²) in [5.41, 5.74) is 1.93. The Hall–Kier alpha value is -2.61. The first-order valence-corrected chi connectivity index (χ1v) is 10.0. The molecule has 3 aromatic rings. The smallest absolute Gasteiger partial charge is 0.291 e. The van der Waals surface area contributed by atoms with E-state index in [1.54, 1.807) is 12.3 Å². The molecule has 1 amide bonds. The van der Waals surface area contributed by atoms with Crippen molar-refractivity contribution in [3.8, 4) is 0 Å². The minimum Gasteiger partial charge on any atom is -0.463 e. The van der Waals surface area contributed by atoms with E-state index in [0.717, 1.165) is 50.5 Å². The van der Waals surface area contributed by atoms with Crippen molar-refractivity contribution >= 4 is 22.5 Å². The maximum absolute atomic E-state index is 12.8. The van der Waals surface area contributed by atoms with Crippen molar-refractivity contribution in [3.63, 3.8) is 0 Å². The number of carbonyl (C=O) groups excluding carboxylic acids is 1. The van der Waals surface area contributed by atoms with E-state index in [-0.39, 0.29) is 11.5 Å². The van der Waals surface area contributed by atoms with Crippen molar-refractivity contribution in [2.45, 2.75) is 39.7 Å². The molecule has 0 unspecified atom stereocenters. The van der Waals surface area contributed by atoms with Gasteiger partial charge in [-0.2, -0.15) is 5.10 Å². The van der Waals surface area contributed by atoms with E-state index in [2.05, 4.69) is 16.9 Å². The molecule has 0 bridgehead atoms. The van der Waals surface area contributed by atoms with E-state index in [1.807, 2.05) is 22.3 Å². The molecule has 3 aromatic heterocycles. The summed E-state index contributed by atoms with van der Waals surface area (Å²) in [7, 11) is 0. The molecule has 0 spiro atoms. The van der Waals surface area contributed by atoms with Crippen LogP contribution in [0.1, 0.15) is 32.0 Å². The second-order valence-electron chi connectivity index (χ2n) is 7.44. The largest absolute Gasteiger partial charge is 0.463 e. The van der Waals surface area contributed by atoms with Crippen molar-refractivity contribution < 1.29 is 9.21 Å². The maximum Gasteiger partial charge on any atom is 0.291 e. The lowest BCUT2D eigenvalue weighted by Gasteiger charge is -2.34. The molecule has 0 aromatic carbocycles. The second kappa shape index (κ2) is 7.79. The van der Waals surface area contributed by atoms with E-state index in [0.29, 0.717) is 30.5 Å². The minimum atomic E-state index is -0.155. The van der Waals surface area contributed by atoms with Gasteiger partial charge in [0.05, 0.1) is 11.8 Å². The molecule has 1 aliphatic rings. The molecule has 28 heavy (non-hydrogen) atoms. The third kappa shape index (κ3) is 3.44. The van der Waals surface area contributed by atoms with Gasteiger partial charge in [0.1, 0.15) is 11.3 Å². The molecule has 0 atom stereocenters. The number of aromatic nitrogens is 3. The number of amides is 1. The number of piperazine rings is 1. The Morgan fingerprint density at radius 2 is 1.96 bits per heavy atom. The predicted octanol–water partition coefficient (Wildman–Crippen LogP) is 1.89. The van der Waals surface area contributed by atoms with Gasteiger partial charge in [0.25, 0.3) is 5.56 Å². The van der Waals surface area contributed by atoms with Crippen LogP contribution in [0.3, 0.4) is 0 Å². The molecule has 0 radical (unpaired) electrons. The lowest BCUT2D eigenvalue weighted by molar-refractivity contribution is -0.133. The van der Waals surface area contributed by atoms with Crippen molar-refractivity contribution in [2.24, 2.45) is 0 Å². The number of furan rings is 1. The van der Waals surface area contributed by atoms with Gasteiger partial charge >= 0.3 is 0 Å². The fourth-order valence-corrected chi connectivity index (χ4v) is 4.06. The first-order chi connectivity index (χ1) is 13.6. The zero-order valence-corrected chi connectivity index (χ0v) is 16.6. The second-order valence-corrected chi connectivity index (χ2v) is 7.44. The summed E-state index contributed by atoms with van der Waals surface area (Å²) in [5.74, 6) is 0.895. The van der Waals surface area contributed by atoms with Gasteiger partial charge in [-0.05, 0) is 26.3 Å². The normalized spacial score (nSPS) is 15.7. The van der Waals surface area contributed by atoms with E-state index in [1.165, 1.54) is 4.68 Å². The van der Waals surface area contributed by atoms with Crippen LogP contribution < -0.4 is 5.56 Å². The molecular weight excluding hydrogens is 358 g/mol. The van der Waals surface area contributed by atoms with Gasteiger partial charge < -0.3 is 9.32 Å². The number of carbonyl (C=O) groups is 1. The molecule has 1 saturated heterocycles. The summed E-state index contributed by atoms with van der Waals surface area (Å²) >= 11 is 0. The Kier molecular flexibility index (Phi) is 5.21. The highest BCUT2D eigenvalue weighted by atomic mass is 16.3. The number of hydrogen-bond acceptors (Lipinski definition) is 5. The molecule has 4 rings (SSSR count). The molecule has 1 fully saturated rings. The molecule has 8 heteroatoms. The molecule has 4 heterocycles. The highest BCUT2D eigenvalue weighted by molar-refractivity contribution is 5.82. The first-order valence-electron chi connectivity index (χ1n) is 10.0. The van der Waals surface area contributed by atoms with Crippen LogP contribution in [0.15, 0.2) is 27.6 Å². The average Bonchev–Trinajstić information content (AvgIpc) is 3.28. The van der Waals surface area contributed by atoms with Gasteiger partial charge in [-0.15, -0.1) is 0 Å². The molecule has 8 nitrogen and oxygen atoms in total. The Balaban J connectivity index is 1.39. The Labute approximate surface area is 163 Å². The summed E-state index contributed by atoms with van der Waals surface area (Å²) in [5, 5.41) is 4.44. The zero-order chi connectivity index (χ0) is 19.7. The first kappa shape index (κ1) is 18.7. The van der Waals surface area contributed by atoms with Crippen LogP contribution in [0.5, 0.6) is 0 Å². The van der Waals surface area contributed by atoms with Gasteiger partial charge in [-0.3, -0.25) is 18.9 Å². The lowest BCUT2D eigenvalue weighted by Crippen LogP contribution is -2.48. The Morgan fingerprint density at radius 1 is 1.18 bits per heavy atom. The van der Waals surface area contributed by atoms with Crippen LogP contribution in [0.4, 0.5) is 0 Å². The van der Waals surface area contributed by atoms with Gasteiger partial charge in [-0.25, -0.2) is 4.68 Å². The van der Waals surface area contributed by atoms with Gasteiger partial charge in [0.15, 0.2) is 5.58 Å². The van der Waals surface area contributed by atoms with E-state index >= 15 is 0 Å². The number of hydrogen-bond donors (Lipinski definition) is 0. The van der Waals surface area contributed by atoms with Gasteiger partial charge in [0, 0.05) is 51.3 Å². The number of rotatable bonds is 6. The quantitative estimate of drug-likeness (QED) is 0.648. The fourth-order valence-electron chi connectivity index (χ4n) is 4.06. The van der Waals surface area contributed by atoms with E-state index in [4.69, 9.17) is 4.42 Å². The highest BCUT2D eigenvalue weighted by Gasteiger charge is 2.20. The standard InChI is InChI=1S/C20H27N5O3/c1-3-7-22-9-11-23(12-10-22)19(26)5-4-8-24-20(27)17-14-18-16(6-13-28-18)25(17)15(2)21-24/h6,13-14H,3-5,7-12H2,1-2H3. The van der Waals surface area contributed by atoms with Crippen LogP contribution in [-0.4, -0.2) is 62.6 Å². The van der Waals surface area contributed by atoms with Crippen molar-refractivity contribution in [1.29, 1.82) is 0 Å². The van der Waals surface area contributed by atoms with Crippen molar-refractivity contribution in [2.75, 3.05) is 32.7 Å². The topological polar surface area (TPSA) is 76.0 Å². The van der Waals surface area contributed by atoms with E-state index < -0.39 is 0 Å². The summed E-state index contributed by atoms with van der Waals surface area (Å²) in [6.45, 7) is 9.08.